The number of likely N-dealkylation sites (tertiary alicyclic amines) is 1. The molecule has 2 amide bonds. The number of hydrogen-bond acceptors (Lipinski definition) is 4. The lowest BCUT2D eigenvalue weighted by Crippen LogP contribution is -2.45. The molecule has 0 aromatic heterocycles. The summed E-state index contributed by atoms with van der Waals surface area (Å²) in [7, 11) is 0. The van der Waals surface area contributed by atoms with Crippen molar-refractivity contribution in [1.82, 2.24) is 4.90 Å². The van der Waals surface area contributed by atoms with E-state index in [2.05, 4.69) is 0 Å². The van der Waals surface area contributed by atoms with Crippen LogP contribution >= 0.6 is 0 Å². The Morgan fingerprint density at radius 1 is 1.44 bits per heavy atom. The van der Waals surface area contributed by atoms with Crippen LogP contribution in [0.15, 0.2) is 0 Å². The summed E-state index contributed by atoms with van der Waals surface area (Å²) >= 11 is 0. The van der Waals surface area contributed by atoms with Crippen LogP contribution in [0.2, 0.25) is 0 Å². The molecule has 2 atom stereocenters. The molecule has 1 heterocycles. The predicted molar refractivity (Wildman–Crippen MR) is 62.9 cm³/mol. The van der Waals surface area contributed by atoms with Gasteiger partial charge in [0.15, 0.2) is 0 Å². The number of imide groups is 1. The van der Waals surface area contributed by atoms with Crippen molar-refractivity contribution in [3.8, 4) is 0 Å². The molecule has 1 aliphatic rings. The molecule has 2 unspecified atom stereocenters. The monoisotopic (exact) mass is 257 g/mol. The van der Waals surface area contributed by atoms with Gasteiger partial charge in [0.05, 0.1) is 0 Å². The third-order valence-corrected chi connectivity index (χ3v) is 2.77. The van der Waals surface area contributed by atoms with E-state index < -0.39 is 35.5 Å². The number of carboxylic acids is 1. The van der Waals surface area contributed by atoms with Crippen LogP contribution in [0.3, 0.4) is 0 Å². The summed E-state index contributed by atoms with van der Waals surface area (Å²) in [5.41, 5.74) is -0.759. The van der Waals surface area contributed by atoms with Gasteiger partial charge in [-0.3, -0.25) is 4.79 Å². The van der Waals surface area contributed by atoms with Crippen molar-refractivity contribution in [2.45, 2.75) is 52.2 Å². The number of carboxylic acid groups (broad SMARTS) is 1. The summed E-state index contributed by atoms with van der Waals surface area (Å²) < 4.78 is 5.07. The van der Waals surface area contributed by atoms with E-state index in [1.807, 2.05) is 0 Å². The standard InChI is InChI=1S/C12H19NO5/c1-5-7-6-8(10(15)16)13(9(7)14)11(17)18-12(2,3)4/h7-8H,5-6H2,1-4H3,(H,15,16). The topological polar surface area (TPSA) is 83.9 Å². The number of amides is 2. The van der Waals surface area contributed by atoms with Crippen LogP contribution in [-0.4, -0.2) is 39.6 Å². The number of ether oxygens (including phenoxy) is 1. The average Bonchev–Trinajstić information content (AvgIpc) is 2.52. The molecular formula is C12H19NO5. The smallest absolute Gasteiger partial charge is 0.417 e. The zero-order valence-corrected chi connectivity index (χ0v) is 11.1. The lowest BCUT2D eigenvalue weighted by Gasteiger charge is -2.25. The second-order valence-corrected chi connectivity index (χ2v) is 5.38. The van der Waals surface area contributed by atoms with E-state index in [1.165, 1.54) is 0 Å². The minimum atomic E-state index is -1.18. The molecule has 0 bridgehead atoms. The van der Waals surface area contributed by atoms with E-state index in [4.69, 9.17) is 9.84 Å². The Hall–Kier alpha value is -1.59. The van der Waals surface area contributed by atoms with E-state index in [0.29, 0.717) is 6.42 Å². The van der Waals surface area contributed by atoms with Crippen molar-refractivity contribution >= 4 is 18.0 Å². The summed E-state index contributed by atoms with van der Waals surface area (Å²) in [6, 6.07) is -1.11. The molecule has 18 heavy (non-hydrogen) atoms. The Labute approximate surface area is 106 Å². The molecule has 0 saturated carbocycles. The molecule has 0 aliphatic carbocycles. The maximum Gasteiger partial charge on any atom is 0.417 e. The van der Waals surface area contributed by atoms with Crippen molar-refractivity contribution < 1.29 is 24.2 Å². The summed E-state index contributed by atoms with van der Waals surface area (Å²) in [4.78, 5) is 35.6. The zero-order valence-electron chi connectivity index (χ0n) is 11.1. The van der Waals surface area contributed by atoms with E-state index >= 15 is 0 Å². The molecule has 1 fully saturated rings. The summed E-state index contributed by atoms with van der Waals surface area (Å²) in [6.45, 7) is 6.79. The SMILES string of the molecule is CCC1CC(C(=O)O)N(C(=O)OC(C)(C)C)C1=O. The molecule has 6 nitrogen and oxygen atoms in total. The highest BCUT2D eigenvalue weighted by Gasteiger charge is 2.47. The number of carbonyl (C=O) groups is 3. The van der Waals surface area contributed by atoms with Gasteiger partial charge >= 0.3 is 12.1 Å². The van der Waals surface area contributed by atoms with Crippen LogP contribution < -0.4 is 0 Å². The third kappa shape index (κ3) is 3.00. The first-order chi connectivity index (χ1) is 8.17. The second-order valence-electron chi connectivity index (χ2n) is 5.38. The van der Waals surface area contributed by atoms with Crippen LogP contribution in [0.4, 0.5) is 4.79 Å². The highest BCUT2D eigenvalue weighted by atomic mass is 16.6. The molecule has 1 aliphatic heterocycles. The largest absolute Gasteiger partial charge is 0.480 e. The summed E-state index contributed by atoms with van der Waals surface area (Å²) in [6.07, 6.45) is -0.206. The van der Waals surface area contributed by atoms with Gasteiger partial charge in [-0.05, 0) is 33.6 Å². The first-order valence-electron chi connectivity index (χ1n) is 5.96. The van der Waals surface area contributed by atoms with Gasteiger partial charge in [-0.1, -0.05) is 6.92 Å². The molecule has 0 aromatic carbocycles. The van der Waals surface area contributed by atoms with E-state index in [-0.39, 0.29) is 6.42 Å². The molecular weight excluding hydrogens is 238 g/mol. The molecule has 102 valence electrons. The van der Waals surface area contributed by atoms with Crippen molar-refractivity contribution in [1.29, 1.82) is 0 Å². The molecule has 0 spiro atoms. The lowest BCUT2D eigenvalue weighted by atomic mass is 10.0. The van der Waals surface area contributed by atoms with E-state index in [1.54, 1.807) is 27.7 Å². The van der Waals surface area contributed by atoms with Crippen LogP contribution in [0.1, 0.15) is 40.5 Å². The first kappa shape index (κ1) is 14.5. The Kier molecular flexibility index (Phi) is 3.98. The number of aliphatic carboxylic acids is 1. The predicted octanol–water partition coefficient (Wildman–Crippen LogP) is 1.63. The average molecular weight is 257 g/mol. The number of rotatable bonds is 2. The maximum absolute atomic E-state index is 11.9. The highest BCUT2D eigenvalue weighted by Crippen LogP contribution is 2.28. The van der Waals surface area contributed by atoms with Gasteiger partial charge in [-0.15, -0.1) is 0 Å². The molecule has 6 heteroatoms. The molecule has 0 radical (unpaired) electrons. The van der Waals surface area contributed by atoms with Crippen molar-refractivity contribution in [3.05, 3.63) is 0 Å². The fourth-order valence-electron chi connectivity index (χ4n) is 1.91. The fourth-order valence-corrected chi connectivity index (χ4v) is 1.91. The number of hydrogen-bond donors (Lipinski definition) is 1. The van der Waals surface area contributed by atoms with Gasteiger partial charge in [-0.25, -0.2) is 14.5 Å². The molecule has 0 aromatic rings. The number of nitrogens with zero attached hydrogens (tertiary/aromatic N) is 1. The molecule has 1 rings (SSSR count). The van der Waals surface area contributed by atoms with Gasteiger partial charge in [0.25, 0.3) is 0 Å². The van der Waals surface area contributed by atoms with Crippen LogP contribution in [0.25, 0.3) is 0 Å². The van der Waals surface area contributed by atoms with Gasteiger partial charge in [0.1, 0.15) is 11.6 Å². The van der Waals surface area contributed by atoms with Crippen LogP contribution in [0, 0.1) is 5.92 Å². The van der Waals surface area contributed by atoms with Gasteiger partial charge in [0, 0.05) is 5.92 Å². The van der Waals surface area contributed by atoms with Crippen molar-refractivity contribution in [3.63, 3.8) is 0 Å². The Bertz CT molecular complexity index is 371. The Morgan fingerprint density at radius 2 is 2.00 bits per heavy atom. The fraction of sp³-hybridized carbons (Fsp3) is 0.750. The van der Waals surface area contributed by atoms with Gasteiger partial charge < -0.3 is 9.84 Å². The summed E-state index contributed by atoms with van der Waals surface area (Å²) in [5.74, 6) is -2.05. The molecule has 1 N–H and O–H groups in total. The van der Waals surface area contributed by atoms with Crippen molar-refractivity contribution in [2.75, 3.05) is 0 Å². The van der Waals surface area contributed by atoms with E-state index in [0.717, 1.165) is 4.90 Å². The van der Waals surface area contributed by atoms with Gasteiger partial charge in [0.2, 0.25) is 5.91 Å². The summed E-state index contributed by atoms with van der Waals surface area (Å²) in [5, 5.41) is 9.06. The molecule has 1 saturated heterocycles. The quantitative estimate of drug-likeness (QED) is 0.812. The number of carbonyl (C=O) groups excluding carboxylic acids is 2. The lowest BCUT2D eigenvalue weighted by molar-refractivity contribution is -0.145. The highest BCUT2D eigenvalue weighted by molar-refractivity contribution is 6.00. The Balaban J connectivity index is 2.92. The third-order valence-electron chi connectivity index (χ3n) is 2.77. The van der Waals surface area contributed by atoms with Gasteiger partial charge in [-0.2, -0.15) is 0 Å². The second kappa shape index (κ2) is 4.96. The van der Waals surface area contributed by atoms with E-state index in [9.17, 15) is 14.4 Å². The maximum atomic E-state index is 11.9. The minimum Gasteiger partial charge on any atom is -0.480 e. The Morgan fingerprint density at radius 3 is 2.39 bits per heavy atom. The van der Waals surface area contributed by atoms with Crippen molar-refractivity contribution in [2.24, 2.45) is 5.92 Å². The van der Waals surface area contributed by atoms with Crippen LogP contribution in [-0.2, 0) is 14.3 Å². The minimum absolute atomic E-state index is 0.157. The normalized spacial score (nSPS) is 24.2. The van der Waals surface area contributed by atoms with Crippen LogP contribution in [0.5, 0.6) is 0 Å². The first-order valence-corrected chi connectivity index (χ1v) is 5.96. The zero-order chi connectivity index (χ0) is 14.1.